The van der Waals surface area contributed by atoms with E-state index < -0.39 is 0 Å². The number of furan rings is 1. The minimum atomic E-state index is 0.878. The zero-order chi connectivity index (χ0) is 11.1. The van der Waals surface area contributed by atoms with Gasteiger partial charge in [-0.05, 0) is 24.6 Å². The molecule has 16 heavy (non-hydrogen) atoms. The standard InChI is InChI=1S/C14H12O2/c1-9-7-8-12-13(14(9)15-2)10-5-3-4-6-11(10)16-12/h3-8H,1-2H3. The summed E-state index contributed by atoms with van der Waals surface area (Å²) in [6.45, 7) is 2.04. The Kier molecular flexibility index (Phi) is 1.90. The normalized spacial score (nSPS) is 11.1. The maximum absolute atomic E-state index is 5.77. The molecule has 0 fully saturated rings. The van der Waals surface area contributed by atoms with Crippen LogP contribution in [0.4, 0.5) is 0 Å². The molecule has 0 aliphatic rings. The maximum Gasteiger partial charge on any atom is 0.139 e. The number of para-hydroxylation sites is 1. The molecule has 80 valence electrons. The molecule has 1 aromatic heterocycles. The number of fused-ring (bicyclic) bond motifs is 3. The van der Waals surface area contributed by atoms with Gasteiger partial charge < -0.3 is 9.15 Å². The summed E-state index contributed by atoms with van der Waals surface area (Å²) < 4.78 is 11.2. The molecular weight excluding hydrogens is 200 g/mol. The SMILES string of the molecule is COc1c(C)ccc2oc3ccccc3c12. The van der Waals surface area contributed by atoms with Crippen LogP contribution in [0.5, 0.6) is 5.75 Å². The Morgan fingerprint density at radius 3 is 2.62 bits per heavy atom. The van der Waals surface area contributed by atoms with Gasteiger partial charge in [-0.15, -0.1) is 0 Å². The van der Waals surface area contributed by atoms with Crippen LogP contribution in [0.1, 0.15) is 5.56 Å². The Bertz CT molecular complexity index is 665. The van der Waals surface area contributed by atoms with E-state index >= 15 is 0 Å². The van der Waals surface area contributed by atoms with E-state index in [1.165, 1.54) is 0 Å². The highest BCUT2D eigenvalue weighted by atomic mass is 16.5. The third-order valence-corrected chi connectivity index (χ3v) is 2.90. The van der Waals surface area contributed by atoms with E-state index in [4.69, 9.17) is 9.15 Å². The third kappa shape index (κ3) is 1.13. The molecule has 1 heterocycles. The number of aryl methyl sites for hydroxylation is 1. The van der Waals surface area contributed by atoms with Crippen molar-refractivity contribution in [3.8, 4) is 5.75 Å². The molecular formula is C14H12O2. The molecule has 0 spiro atoms. The van der Waals surface area contributed by atoms with Gasteiger partial charge in [0.15, 0.2) is 0 Å². The van der Waals surface area contributed by atoms with Crippen LogP contribution < -0.4 is 4.74 Å². The lowest BCUT2D eigenvalue weighted by atomic mass is 10.1. The van der Waals surface area contributed by atoms with E-state index in [9.17, 15) is 0 Å². The van der Waals surface area contributed by atoms with Gasteiger partial charge in [0.1, 0.15) is 16.9 Å². The Morgan fingerprint density at radius 2 is 1.81 bits per heavy atom. The van der Waals surface area contributed by atoms with E-state index in [0.29, 0.717) is 0 Å². The lowest BCUT2D eigenvalue weighted by Gasteiger charge is -2.04. The number of rotatable bonds is 1. The van der Waals surface area contributed by atoms with E-state index in [1.54, 1.807) is 7.11 Å². The fourth-order valence-corrected chi connectivity index (χ4v) is 2.15. The van der Waals surface area contributed by atoms with E-state index in [1.807, 2.05) is 37.3 Å². The van der Waals surface area contributed by atoms with Crippen LogP contribution >= 0.6 is 0 Å². The Balaban J connectivity index is 2.57. The van der Waals surface area contributed by atoms with Crippen molar-refractivity contribution in [3.63, 3.8) is 0 Å². The minimum absolute atomic E-state index is 0.878. The zero-order valence-electron chi connectivity index (χ0n) is 9.28. The lowest BCUT2D eigenvalue weighted by molar-refractivity contribution is 0.417. The number of hydrogen-bond acceptors (Lipinski definition) is 2. The summed E-state index contributed by atoms with van der Waals surface area (Å²) in [6.07, 6.45) is 0. The van der Waals surface area contributed by atoms with Crippen LogP contribution in [0.25, 0.3) is 21.9 Å². The molecule has 2 nitrogen and oxygen atoms in total. The second-order valence-corrected chi connectivity index (χ2v) is 3.89. The van der Waals surface area contributed by atoms with E-state index in [-0.39, 0.29) is 0 Å². The van der Waals surface area contributed by atoms with Gasteiger partial charge in [-0.3, -0.25) is 0 Å². The molecule has 0 saturated carbocycles. The van der Waals surface area contributed by atoms with Gasteiger partial charge >= 0.3 is 0 Å². The fourth-order valence-electron chi connectivity index (χ4n) is 2.15. The molecule has 0 N–H and O–H groups in total. The predicted molar refractivity (Wildman–Crippen MR) is 65.0 cm³/mol. The highest BCUT2D eigenvalue weighted by molar-refractivity contribution is 6.08. The first-order valence-corrected chi connectivity index (χ1v) is 5.26. The molecule has 0 aliphatic carbocycles. The molecule has 3 aromatic rings. The second kappa shape index (κ2) is 3.27. The smallest absolute Gasteiger partial charge is 0.139 e. The quantitative estimate of drug-likeness (QED) is 0.610. The van der Waals surface area contributed by atoms with Crippen molar-refractivity contribution in [2.24, 2.45) is 0 Å². The number of hydrogen-bond donors (Lipinski definition) is 0. The molecule has 0 radical (unpaired) electrons. The summed E-state index contributed by atoms with van der Waals surface area (Å²) in [7, 11) is 1.70. The molecule has 0 atom stereocenters. The van der Waals surface area contributed by atoms with Crippen LogP contribution in [-0.2, 0) is 0 Å². The average molecular weight is 212 g/mol. The maximum atomic E-state index is 5.77. The molecule has 2 heteroatoms. The van der Waals surface area contributed by atoms with Crippen molar-refractivity contribution in [2.45, 2.75) is 6.92 Å². The summed E-state index contributed by atoms with van der Waals surface area (Å²) in [5.41, 5.74) is 2.91. The van der Waals surface area contributed by atoms with Crippen molar-refractivity contribution in [1.82, 2.24) is 0 Å². The molecule has 0 bridgehead atoms. The van der Waals surface area contributed by atoms with Gasteiger partial charge in [-0.1, -0.05) is 24.3 Å². The molecule has 0 amide bonds. The first-order valence-electron chi connectivity index (χ1n) is 5.26. The van der Waals surface area contributed by atoms with Crippen molar-refractivity contribution in [3.05, 3.63) is 42.0 Å². The largest absolute Gasteiger partial charge is 0.496 e. The van der Waals surface area contributed by atoms with Crippen LogP contribution in [0.3, 0.4) is 0 Å². The average Bonchev–Trinajstić information content (AvgIpc) is 2.68. The van der Waals surface area contributed by atoms with Crippen LogP contribution in [0.15, 0.2) is 40.8 Å². The van der Waals surface area contributed by atoms with Gasteiger partial charge in [0.25, 0.3) is 0 Å². The zero-order valence-corrected chi connectivity index (χ0v) is 9.28. The molecule has 2 aromatic carbocycles. The number of ether oxygens (including phenoxy) is 1. The second-order valence-electron chi connectivity index (χ2n) is 3.89. The Labute approximate surface area is 93.4 Å². The molecule has 0 aliphatic heterocycles. The summed E-state index contributed by atoms with van der Waals surface area (Å²) in [5.74, 6) is 0.905. The van der Waals surface area contributed by atoms with E-state index in [0.717, 1.165) is 33.3 Å². The topological polar surface area (TPSA) is 22.4 Å². The monoisotopic (exact) mass is 212 g/mol. The highest BCUT2D eigenvalue weighted by Gasteiger charge is 2.12. The Morgan fingerprint density at radius 1 is 1.00 bits per heavy atom. The molecule has 3 rings (SSSR count). The van der Waals surface area contributed by atoms with Crippen LogP contribution in [-0.4, -0.2) is 7.11 Å². The molecule has 0 saturated heterocycles. The summed E-state index contributed by atoms with van der Waals surface area (Å²) in [6, 6.07) is 12.0. The fraction of sp³-hybridized carbons (Fsp3) is 0.143. The minimum Gasteiger partial charge on any atom is -0.496 e. The van der Waals surface area contributed by atoms with Crippen molar-refractivity contribution in [1.29, 1.82) is 0 Å². The lowest BCUT2D eigenvalue weighted by Crippen LogP contribution is -1.87. The van der Waals surface area contributed by atoms with Crippen molar-refractivity contribution in [2.75, 3.05) is 7.11 Å². The number of methoxy groups -OCH3 is 1. The van der Waals surface area contributed by atoms with Gasteiger partial charge in [0.05, 0.1) is 12.5 Å². The first kappa shape index (κ1) is 9.28. The molecule has 0 unspecified atom stereocenters. The van der Waals surface area contributed by atoms with E-state index in [2.05, 4.69) is 6.07 Å². The van der Waals surface area contributed by atoms with Gasteiger partial charge in [0.2, 0.25) is 0 Å². The van der Waals surface area contributed by atoms with Crippen molar-refractivity contribution < 1.29 is 9.15 Å². The van der Waals surface area contributed by atoms with Crippen LogP contribution in [0, 0.1) is 6.92 Å². The highest BCUT2D eigenvalue weighted by Crippen LogP contribution is 2.37. The van der Waals surface area contributed by atoms with Crippen LogP contribution in [0.2, 0.25) is 0 Å². The predicted octanol–water partition coefficient (Wildman–Crippen LogP) is 3.90. The Hall–Kier alpha value is -1.96. The summed E-state index contributed by atoms with van der Waals surface area (Å²) in [5, 5.41) is 2.18. The van der Waals surface area contributed by atoms with Gasteiger partial charge in [0, 0.05) is 5.39 Å². The summed E-state index contributed by atoms with van der Waals surface area (Å²) in [4.78, 5) is 0. The van der Waals surface area contributed by atoms with Crippen molar-refractivity contribution >= 4 is 21.9 Å². The third-order valence-electron chi connectivity index (χ3n) is 2.90. The van der Waals surface area contributed by atoms with Gasteiger partial charge in [-0.2, -0.15) is 0 Å². The number of benzene rings is 2. The summed E-state index contributed by atoms with van der Waals surface area (Å²) >= 11 is 0. The van der Waals surface area contributed by atoms with Gasteiger partial charge in [-0.25, -0.2) is 0 Å². The first-order chi connectivity index (χ1) is 7.81.